The number of methoxy groups -OCH3 is 3. The van der Waals surface area contributed by atoms with Crippen LogP contribution in [0.4, 0.5) is 10.1 Å². The lowest BCUT2D eigenvalue weighted by molar-refractivity contribution is 0.324. The summed E-state index contributed by atoms with van der Waals surface area (Å²) in [5.41, 5.74) is 1.26. The van der Waals surface area contributed by atoms with Crippen LogP contribution in [-0.2, 0) is 0 Å². The molecule has 2 aromatic carbocycles. The summed E-state index contributed by atoms with van der Waals surface area (Å²) < 4.78 is 30.2. The first-order chi connectivity index (χ1) is 13.5. The van der Waals surface area contributed by atoms with Gasteiger partial charge in [0.15, 0.2) is 17.5 Å². The van der Waals surface area contributed by atoms with Gasteiger partial charge in [-0.3, -0.25) is 4.99 Å². The van der Waals surface area contributed by atoms with Gasteiger partial charge in [-0.2, -0.15) is 0 Å². The summed E-state index contributed by atoms with van der Waals surface area (Å²) in [5, 5.41) is 6.94. The van der Waals surface area contributed by atoms with E-state index in [-0.39, 0.29) is 41.8 Å². The zero-order chi connectivity index (χ0) is 20.3. The van der Waals surface area contributed by atoms with Crippen LogP contribution in [-0.4, -0.2) is 40.4 Å². The first kappa shape index (κ1) is 23.3. The van der Waals surface area contributed by atoms with E-state index in [2.05, 4.69) is 15.6 Å². The van der Waals surface area contributed by atoms with Crippen molar-refractivity contribution >= 4 is 47.2 Å². The van der Waals surface area contributed by atoms with Crippen molar-refractivity contribution in [1.29, 1.82) is 0 Å². The lowest BCUT2D eigenvalue weighted by Gasteiger charge is -2.16. The maximum absolute atomic E-state index is 14.1. The molecule has 2 aromatic rings. The van der Waals surface area contributed by atoms with Crippen LogP contribution in [0.1, 0.15) is 17.9 Å². The summed E-state index contributed by atoms with van der Waals surface area (Å²) in [6.45, 7) is 0. The molecule has 0 amide bonds. The molecule has 1 fully saturated rings. The molecule has 2 atom stereocenters. The fraction of sp³-hybridized carbons (Fsp3) is 0.350. The van der Waals surface area contributed by atoms with Crippen molar-refractivity contribution < 1.29 is 18.6 Å². The summed E-state index contributed by atoms with van der Waals surface area (Å²) >= 11 is 6.17. The first-order valence-corrected chi connectivity index (χ1v) is 9.14. The van der Waals surface area contributed by atoms with E-state index in [9.17, 15) is 4.39 Å². The van der Waals surface area contributed by atoms with Crippen molar-refractivity contribution in [3.8, 4) is 17.2 Å². The average Bonchev–Trinajstić information content (AvgIpc) is 3.44. The molecular weight excluding hydrogens is 512 g/mol. The third kappa shape index (κ3) is 5.16. The van der Waals surface area contributed by atoms with Crippen LogP contribution < -0.4 is 24.8 Å². The SMILES string of the molecule is CN=C(Nc1cc(OC)c(OC)c(OC)c1)NC1CC1c1c(F)cccc1Cl.I. The van der Waals surface area contributed by atoms with Gasteiger partial charge in [-0.25, -0.2) is 4.39 Å². The van der Waals surface area contributed by atoms with E-state index in [0.717, 1.165) is 6.42 Å². The third-order valence-corrected chi connectivity index (χ3v) is 4.96. The fourth-order valence-electron chi connectivity index (χ4n) is 3.16. The fourth-order valence-corrected chi connectivity index (χ4v) is 3.46. The van der Waals surface area contributed by atoms with Gasteiger partial charge in [0.1, 0.15) is 5.82 Å². The average molecular weight is 536 g/mol. The Kier molecular flexibility index (Phi) is 8.21. The minimum absolute atomic E-state index is 0. The number of halogens is 3. The number of guanidine groups is 1. The second-order valence-electron chi connectivity index (χ2n) is 6.34. The molecule has 2 N–H and O–H groups in total. The molecule has 0 radical (unpaired) electrons. The van der Waals surface area contributed by atoms with Crippen molar-refractivity contribution in [1.82, 2.24) is 5.32 Å². The molecule has 1 aliphatic carbocycles. The quantitative estimate of drug-likeness (QED) is 0.320. The van der Waals surface area contributed by atoms with E-state index < -0.39 is 0 Å². The Morgan fingerprint density at radius 3 is 2.31 bits per heavy atom. The summed E-state index contributed by atoms with van der Waals surface area (Å²) in [4.78, 5) is 4.24. The predicted molar refractivity (Wildman–Crippen MR) is 124 cm³/mol. The largest absolute Gasteiger partial charge is 0.493 e. The molecule has 1 aliphatic rings. The van der Waals surface area contributed by atoms with Crippen LogP contribution in [0.25, 0.3) is 0 Å². The summed E-state index contributed by atoms with van der Waals surface area (Å²) in [6, 6.07) is 8.36. The summed E-state index contributed by atoms with van der Waals surface area (Å²) in [7, 11) is 6.33. The lowest BCUT2D eigenvalue weighted by atomic mass is 10.1. The first-order valence-electron chi connectivity index (χ1n) is 8.76. The highest BCUT2D eigenvalue weighted by Crippen LogP contribution is 2.45. The Morgan fingerprint density at radius 2 is 1.79 bits per heavy atom. The molecular formula is C20H24ClFIN3O3. The Morgan fingerprint density at radius 1 is 1.14 bits per heavy atom. The predicted octanol–water partition coefficient (Wildman–Crippen LogP) is 4.67. The molecule has 29 heavy (non-hydrogen) atoms. The van der Waals surface area contributed by atoms with Crippen molar-refractivity contribution in [2.75, 3.05) is 33.7 Å². The number of hydrogen-bond donors (Lipinski definition) is 2. The highest BCUT2D eigenvalue weighted by atomic mass is 127. The lowest BCUT2D eigenvalue weighted by Crippen LogP contribution is -2.33. The van der Waals surface area contributed by atoms with E-state index in [1.54, 1.807) is 52.6 Å². The van der Waals surface area contributed by atoms with E-state index >= 15 is 0 Å². The standard InChI is InChI=1S/C20H23ClFN3O3.HI/c1-23-20(24-11-8-16(26-2)19(28-4)17(9-11)27-3)25-15-10-12(15)18-13(21)6-5-7-14(18)22;/h5-9,12,15H,10H2,1-4H3,(H2,23,24,25);1H. The molecule has 0 aliphatic heterocycles. The molecule has 0 saturated heterocycles. The molecule has 6 nitrogen and oxygen atoms in total. The highest BCUT2D eigenvalue weighted by Gasteiger charge is 2.42. The van der Waals surface area contributed by atoms with Gasteiger partial charge in [0.05, 0.1) is 21.3 Å². The van der Waals surface area contributed by atoms with E-state index in [0.29, 0.717) is 39.5 Å². The Balaban J connectivity index is 0.00000300. The van der Waals surface area contributed by atoms with Crippen molar-refractivity contribution in [2.24, 2.45) is 4.99 Å². The van der Waals surface area contributed by atoms with Gasteiger partial charge in [0.25, 0.3) is 0 Å². The number of hydrogen-bond acceptors (Lipinski definition) is 4. The van der Waals surface area contributed by atoms with Crippen LogP contribution in [0.15, 0.2) is 35.3 Å². The van der Waals surface area contributed by atoms with Crippen LogP contribution in [0, 0.1) is 5.82 Å². The van der Waals surface area contributed by atoms with Crippen molar-refractivity contribution in [3.05, 3.63) is 46.7 Å². The van der Waals surface area contributed by atoms with Gasteiger partial charge in [0, 0.05) is 47.4 Å². The van der Waals surface area contributed by atoms with E-state index in [1.807, 2.05) is 0 Å². The number of aliphatic imine (C=N–C) groups is 1. The number of anilines is 1. The number of nitrogens with zero attached hydrogens (tertiary/aromatic N) is 1. The molecule has 158 valence electrons. The van der Waals surface area contributed by atoms with E-state index in [4.69, 9.17) is 25.8 Å². The number of nitrogens with one attached hydrogen (secondary N) is 2. The second-order valence-corrected chi connectivity index (χ2v) is 6.75. The van der Waals surface area contributed by atoms with Crippen molar-refractivity contribution in [2.45, 2.75) is 18.4 Å². The molecule has 1 saturated carbocycles. The minimum Gasteiger partial charge on any atom is -0.493 e. The molecule has 0 bridgehead atoms. The molecule has 3 rings (SSSR count). The van der Waals surface area contributed by atoms with Gasteiger partial charge < -0.3 is 24.8 Å². The normalized spacial score (nSPS) is 17.8. The highest BCUT2D eigenvalue weighted by molar-refractivity contribution is 14.0. The van der Waals surface area contributed by atoms with Gasteiger partial charge >= 0.3 is 0 Å². The minimum atomic E-state index is -0.283. The molecule has 2 unspecified atom stereocenters. The zero-order valence-electron chi connectivity index (χ0n) is 16.6. The maximum Gasteiger partial charge on any atom is 0.203 e. The monoisotopic (exact) mass is 535 g/mol. The zero-order valence-corrected chi connectivity index (χ0v) is 19.7. The number of benzene rings is 2. The van der Waals surface area contributed by atoms with Crippen molar-refractivity contribution in [3.63, 3.8) is 0 Å². The van der Waals surface area contributed by atoms with Gasteiger partial charge in [0.2, 0.25) is 5.75 Å². The van der Waals surface area contributed by atoms with Crippen LogP contribution >= 0.6 is 35.6 Å². The Hall–Kier alpha value is -1.94. The molecule has 0 spiro atoms. The molecule has 0 aromatic heterocycles. The number of ether oxygens (including phenoxy) is 3. The van der Waals surface area contributed by atoms with Crippen LogP contribution in [0.2, 0.25) is 5.02 Å². The van der Waals surface area contributed by atoms with Crippen LogP contribution in [0.5, 0.6) is 17.2 Å². The van der Waals surface area contributed by atoms with Gasteiger partial charge in [-0.15, -0.1) is 24.0 Å². The Bertz CT molecular complexity index is 852. The summed E-state index contributed by atoms with van der Waals surface area (Å²) in [6.07, 6.45) is 0.774. The third-order valence-electron chi connectivity index (χ3n) is 4.63. The number of rotatable bonds is 6. The van der Waals surface area contributed by atoms with E-state index in [1.165, 1.54) is 6.07 Å². The van der Waals surface area contributed by atoms with Crippen LogP contribution in [0.3, 0.4) is 0 Å². The molecule has 9 heteroatoms. The Labute approximate surface area is 191 Å². The van der Waals surface area contributed by atoms with Gasteiger partial charge in [-0.1, -0.05) is 17.7 Å². The molecule has 0 heterocycles. The topological polar surface area (TPSA) is 64.1 Å². The summed E-state index contributed by atoms with van der Waals surface area (Å²) in [5.74, 6) is 1.84. The van der Waals surface area contributed by atoms with Gasteiger partial charge in [-0.05, 0) is 18.6 Å². The smallest absolute Gasteiger partial charge is 0.203 e. The maximum atomic E-state index is 14.1. The second kappa shape index (κ2) is 10.2.